The molecule has 0 atom stereocenters. The van der Waals surface area contributed by atoms with E-state index in [-0.39, 0.29) is 10.7 Å². The highest BCUT2D eigenvalue weighted by Crippen LogP contribution is 2.08. The highest BCUT2D eigenvalue weighted by molar-refractivity contribution is 5.19. The first kappa shape index (κ1) is 7.14. The summed E-state index contributed by atoms with van der Waals surface area (Å²) < 4.78 is 4.22. The van der Waals surface area contributed by atoms with Gasteiger partial charge in [0.15, 0.2) is 10.9 Å². The third-order valence-corrected chi connectivity index (χ3v) is 0.973. The molecule has 0 amide bonds. The van der Waals surface area contributed by atoms with Gasteiger partial charge in [0.2, 0.25) is 6.19 Å². The Balaban J connectivity index is 2.86. The lowest BCUT2D eigenvalue weighted by Gasteiger charge is -1.81. The first-order valence-corrected chi connectivity index (χ1v) is 2.67. The van der Waals surface area contributed by atoms with Gasteiger partial charge in [-0.25, -0.2) is 0 Å². The van der Waals surface area contributed by atoms with Gasteiger partial charge in [-0.2, -0.15) is 5.26 Å². The van der Waals surface area contributed by atoms with Crippen molar-refractivity contribution in [3.63, 3.8) is 0 Å². The summed E-state index contributed by atoms with van der Waals surface area (Å²) in [4.78, 5) is 10.9. The highest BCUT2D eigenvalue weighted by Gasteiger charge is 2.22. The number of nitrogens with zero attached hydrogens (tertiary/aromatic N) is 4. The summed E-state index contributed by atoms with van der Waals surface area (Å²) in [6.45, 7) is 1.54. The van der Waals surface area contributed by atoms with Crippen LogP contribution in [-0.2, 0) is 0 Å². The second-order valence-corrected chi connectivity index (χ2v) is 1.69. The molecule has 0 bridgehead atoms. The summed E-state index contributed by atoms with van der Waals surface area (Å²) in [5.74, 6) is -0.0495. The summed E-state index contributed by atoms with van der Waals surface area (Å²) >= 11 is 0. The van der Waals surface area contributed by atoms with E-state index in [4.69, 9.17) is 5.26 Å². The lowest BCUT2D eigenvalue weighted by atomic mass is 10.5. The Morgan fingerprint density at radius 1 is 1.73 bits per heavy atom. The Morgan fingerprint density at radius 3 is 2.91 bits per heavy atom. The van der Waals surface area contributed by atoms with Crippen LogP contribution in [0.15, 0.2) is 4.63 Å². The maximum atomic E-state index is 10.7. The van der Waals surface area contributed by atoms with Crippen LogP contribution in [0.3, 0.4) is 0 Å². The topological polar surface area (TPSA) is 94.8 Å². The minimum absolute atomic E-state index is 0.0495. The van der Waals surface area contributed by atoms with Crippen molar-refractivity contribution < 1.29 is 9.50 Å². The molecule has 0 aromatic carbocycles. The predicted octanol–water partition coefficient (Wildman–Crippen LogP) is -0.226. The summed E-state index contributed by atoms with van der Waals surface area (Å²) in [5.41, 5.74) is 2.13. The number of nitriles is 1. The Bertz CT molecular complexity index is 311. The standard InChI is InChI=1S/C4H4N5O2/c1-3-4(8-11-7-3)9(10)6-2-5/h1H3,(H,6,10)/q+1. The average molecular weight is 154 g/mol. The van der Waals surface area contributed by atoms with E-state index in [1.807, 2.05) is 5.43 Å². The molecule has 1 heterocycles. The molecule has 1 N–H and O–H groups in total. The fourth-order valence-electron chi connectivity index (χ4n) is 0.510. The molecule has 1 rings (SSSR count). The highest BCUT2D eigenvalue weighted by atomic mass is 16.6. The minimum Gasteiger partial charge on any atom is -0.169 e. The van der Waals surface area contributed by atoms with Crippen LogP contribution in [0, 0.1) is 23.3 Å². The number of nitroso groups, excluding NO2 is 1. The van der Waals surface area contributed by atoms with E-state index in [0.29, 0.717) is 5.69 Å². The smallest absolute Gasteiger partial charge is 0.169 e. The average Bonchev–Trinajstić information content (AvgIpc) is 2.36. The van der Waals surface area contributed by atoms with Crippen molar-refractivity contribution in [3.05, 3.63) is 10.6 Å². The quantitative estimate of drug-likeness (QED) is 0.273. The van der Waals surface area contributed by atoms with Crippen molar-refractivity contribution in [3.8, 4) is 6.19 Å². The number of aromatic nitrogens is 2. The van der Waals surface area contributed by atoms with Crippen LogP contribution in [0.25, 0.3) is 0 Å². The van der Waals surface area contributed by atoms with Crippen molar-refractivity contribution in [1.82, 2.24) is 15.7 Å². The molecule has 56 valence electrons. The zero-order chi connectivity index (χ0) is 8.27. The Morgan fingerprint density at radius 2 is 2.45 bits per heavy atom. The number of rotatable bonds is 2. The van der Waals surface area contributed by atoms with Crippen molar-refractivity contribution in [1.29, 1.82) is 5.26 Å². The van der Waals surface area contributed by atoms with E-state index in [9.17, 15) is 4.91 Å². The fourth-order valence-corrected chi connectivity index (χ4v) is 0.510. The number of hydrazine groups is 1. The van der Waals surface area contributed by atoms with Crippen molar-refractivity contribution in [2.24, 2.45) is 0 Å². The van der Waals surface area contributed by atoms with Gasteiger partial charge in [-0.15, -0.1) is 10.1 Å². The van der Waals surface area contributed by atoms with Crippen LogP contribution in [0.5, 0.6) is 0 Å². The van der Waals surface area contributed by atoms with Crippen LogP contribution in [-0.4, -0.2) is 15.2 Å². The lowest BCUT2D eigenvalue weighted by molar-refractivity contribution is -0.518. The van der Waals surface area contributed by atoms with Crippen LogP contribution < -0.4 is 5.43 Å². The van der Waals surface area contributed by atoms with E-state index < -0.39 is 0 Å². The zero-order valence-corrected chi connectivity index (χ0v) is 5.61. The van der Waals surface area contributed by atoms with Gasteiger partial charge in [0.25, 0.3) is 0 Å². The van der Waals surface area contributed by atoms with Gasteiger partial charge >= 0.3 is 5.82 Å². The normalized spacial score (nSPS) is 8.73. The van der Waals surface area contributed by atoms with E-state index in [0.717, 1.165) is 0 Å². The third-order valence-electron chi connectivity index (χ3n) is 0.973. The molecule has 0 spiro atoms. The van der Waals surface area contributed by atoms with E-state index in [1.54, 1.807) is 0 Å². The Kier molecular flexibility index (Phi) is 1.78. The summed E-state index contributed by atoms with van der Waals surface area (Å²) in [5, 5.41) is 14.6. The Hall–Kier alpha value is -1.97. The number of hydrogen-bond acceptors (Lipinski definition) is 5. The van der Waals surface area contributed by atoms with Gasteiger partial charge in [-0.05, 0) is 17.0 Å². The predicted molar refractivity (Wildman–Crippen MR) is 31.1 cm³/mol. The Labute approximate surface area is 61.1 Å². The fraction of sp³-hybridized carbons (Fsp3) is 0.250. The van der Waals surface area contributed by atoms with Gasteiger partial charge in [0.05, 0.1) is 0 Å². The number of hydrogen-bond donors (Lipinski definition) is 1. The first-order valence-electron chi connectivity index (χ1n) is 2.67. The zero-order valence-electron chi connectivity index (χ0n) is 5.61. The lowest BCUT2D eigenvalue weighted by Crippen LogP contribution is -2.16. The van der Waals surface area contributed by atoms with E-state index in [1.165, 1.54) is 13.1 Å². The molecule has 0 unspecified atom stereocenters. The van der Waals surface area contributed by atoms with Gasteiger partial charge in [0.1, 0.15) is 4.87 Å². The molecule has 0 saturated carbocycles. The molecule has 11 heavy (non-hydrogen) atoms. The third kappa shape index (κ3) is 1.29. The largest absolute Gasteiger partial charge is 0.462 e. The van der Waals surface area contributed by atoms with E-state index in [2.05, 4.69) is 14.9 Å². The molecule has 0 aliphatic carbocycles. The summed E-state index contributed by atoms with van der Waals surface area (Å²) in [6, 6.07) is 0. The molecule has 0 saturated heterocycles. The number of aryl methyl sites for hydroxylation is 1. The monoisotopic (exact) mass is 154 g/mol. The van der Waals surface area contributed by atoms with Crippen LogP contribution in [0.1, 0.15) is 5.69 Å². The summed E-state index contributed by atoms with van der Waals surface area (Å²) in [6.07, 6.45) is 1.44. The van der Waals surface area contributed by atoms with Crippen molar-refractivity contribution in [2.45, 2.75) is 6.92 Å². The van der Waals surface area contributed by atoms with Gasteiger partial charge in [-0.1, -0.05) is 0 Å². The molecule has 7 heteroatoms. The maximum absolute atomic E-state index is 10.7. The number of nitrogens with one attached hydrogen (secondary N) is 1. The molecule has 0 fully saturated rings. The van der Waals surface area contributed by atoms with Crippen molar-refractivity contribution in [2.75, 3.05) is 0 Å². The van der Waals surface area contributed by atoms with Gasteiger partial charge in [0, 0.05) is 0 Å². The molecule has 1 aromatic heterocycles. The van der Waals surface area contributed by atoms with Crippen molar-refractivity contribution >= 4 is 5.82 Å². The van der Waals surface area contributed by atoms with Crippen LogP contribution in [0.2, 0.25) is 0 Å². The van der Waals surface area contributed by atoms with E-state index >= 15 is 0 Å². The minimum atomic E-state index is -0.0495. The molecular weight excluding hydrogens is 150 g/mol. The van der Waals surface area contributed by atoms with Crippen LogP contribution in [0.4, 0.5) is 5.82 Å². The van der Waals surface area contributed by atoms with Gasteiger partial charge < -0.3 is 0 Å². The molecule has 0 aliphatic rings. The maximum Gasteiger partial charge on any atom is 0.462 e. The second-order valence-electron chi connectivity index (χ2n) is 1.69. The van der Waals surface area contributed by atoms with Crippen LogP contribution >= 0.6 is 0 Å². The molecule has 7 nitrogen and oxygen atoms in total. The van der Waals surface area contributed by atoms with Gasteiger partial charge in [-0.3, -0.25) is 0 Å². The molecule has 0 aliphatic heterocycles. The SMILES string of the molecule is Cc1nonc1[N+](=O)NC#N. The second kappa shape index (κ2) is 2.74. The summed E-state index contributed by atoms with van der Waals surface area (Å²) in [7, 11) is 0. The molecular formula is C4H4N5O2+. The molecule has 1 aromatic rings. The first-order chi connectivity index (χ1) is 5.25. The molecule has 0 radical (unpaired) electrons.